The van der Waals surface area contributed by atoms with Crippen molar-refractivity contribution in [3.63, 3.8) is 0 Å². The van der Waals surface area contributed by atoms with Gasteiger partial charge in [0, 0.05) is 0 Å². The van der Waals surface area contributed by atoms with Gasteiger partial charge in [0.25, 0.3) is 0 Å². The second-order valence-electron chi connectivity index (χ2n) is 6.78. The van der Waals surface area contributed by atoms with Gasteiger partial charge in [-0.1, -0.05) is 64.9 Å². The van der Waals surface area contributed by atoms with E-state index in [1.807, 2.05) is 0 Å². The largest absolute Gasteiger partial charge is 0.459 e. The van der Waals surface area contributed by atoms with E-state index < -0.39 is 23.2 Å². The number of ether oxygens (including phenoxy) is 1. The quantitative estimate of drug-likeness (QED) is 0.307. The summed E-state index contributed by atoms with van der Waals surface area (Å²) in [7, 11) is 0. The summed E-state index contributed by atoms with van der Waals surface area (Å²) in [6, 6.07) is 2.44. The van der Waals surface area contributed by atoms with Crippen LogP contribution in [-0.2, 0) is 4.74 Å². The lowest BCUT2D eigenvalue weighted by Gasteiger charge is -2.18. The first kappa shape index (κ1) is 21.6. The van der Waals surface area contributed by atoms with Gasteiger partial charge in [0.2, 0.25) is 0 Å². The highest BCUT2D eigenvalue weighted by Gasteiger charge is 2.23. The molecule has 0 fully saturated rings. The maximum absolute atomic E-state index is 14.1. The second kappa shape index (κ2) is 12.0. The van der Waals surface area contributed by atoms with E-state index in [4.69, 9.17) is 4.74 Å². The van der Waals surface area contributed by atoms with Gasteiger partial charge in [-0.2, -0.15) is 0 Å². The van der Waals surface area contributed by atoms with Crippen molar-refractivity contribution in [2.24, 2.45) is 0 Å². The van der Waals surface area contributed by atoms with Gasteiger partial charge >= 0.3 is 5.97 Å². The molecule has 0 saturated heterocycles. The van der Waals surface area contributed by atoms with Gasteiger partial charge in [-0.3, -0.25) is 0 Å². The zero-order valence-electron chi connectivity index (χ0n) is 15.9. The Hall–Kier alpha value is -1.45. The zero-order chi connectivity index (χ0) is 18.7. The number of unbranched alkanes of at least 4 members (excludes halogenated alkanes) is 6. The van der Waals surface area contributed by atoms with Crippen LogP contribution >= 0.6 is 0 Å². The zero-order valence-corrected chi connectivity index (χ0v) is 15.9. The van der Waals surface area contributed by atoms with Crippen molar-refractivity contribution < 1.29 is 18.3 Å². The molecule has 1 atom stereocenters. The topological polar surface area (TPSA) is 26.3 Å². The Bertz CT molecular complexity index is 529. The maximum Gasteiger partial charge on any atom is 0.344 e. The van der Waals surface area contributed by atoms with Crippen LogP contribution in [0.1, 0.15) is 94.0 Å². The maximum atomic E-state index is 14.1. The summed E-state index contributed by atoms with van der Waals surface area (Å²) in [6.07, 6.45) is 10.1. The molecule has 0 amide bonds. The molecule has 1 aromatic rings. The second-order valence-corrected chi connectivity index (χ2v) is 6.78. The van der Waals surface area contributed by atoms with Crippen LogP contribution in [-0.4, -0.2) is 12.1 Å². The van der Waals surface area contributed by atoms with Crippen LogP contribution in [0.25, 0.3) is 0 Å². The van der Waals surface area contributed by atoms with Gasteiger partial charge in [0.05, 0.1) is 0 Å². The Morgan fingerprint density at radius 1 is 0.960 bits per heavy atom. The fourth-order valence-corrected chi connectivity index (χ4v) is 2.90. The van der Waals surface area contributed by atoms with E-state index in [9.17, 15) is 13.6 Å². The highest BCUT2D eigenvalue weighted by atomic mass is 19.1. The molecule has 0 heterocycles. The van der Waals surface area contributed by atoms with Crippen LogP contribution in [0.4, 0.5) is 8.78 Å². The Kier molecular flexibility index (Phi) is 10.4. The monoisotopic (exact) mass is 354 g/mol. The highest BCUT2D eigenvalue weighted by Crippen LogP contribution is 2.21. The molecule has 25 heavy (non-hydrogen) atoms. The van der Waals surface area contributed by atoms with Crippen LogP contribution < -0.4 is 0 Å². The van der Waals surface area contributed by atoms with Gasteiger partial charge in [-0.05, 0) is 37.8 Å². The fourth-order valence-electron chi connectivity index (χ4n) is 2.90. The van der Waals surface area contributed by atoms with Crippen molar-refractivity contribution >= 4 is 5.97 Å². The predicted molar refractivity (Wildman–Crippen MR) is 97.8 cm³/mol. The smallest absolute Gasteiger partial charge is 0.344 e. The minimum atomic E-state index is -0.884. The molecule has 0 aliphatic carbocycles. The number of hydrogen-bond acceptors (Lipinski definition) is 2. The number of aryl methyl sites for hydroxylation is 1. The number of esters is 1. The molecule has 0 radical (unpaired) electrons. The van der Waals surface area contributed by atoms with Crippen molar-refractivity contribution in [2.75, 3.05) is 0 Å². The number of carbonyl (C=O) groups excluding carboxylic acids is 1. The van der Waals surface area contributed by atoms with Crippen molar-refractivity contribution in [1.29, 1.82) is 0 Å². The first-order chi connectivity index (χ1) is 12.0. The first-order valence-electron chi connectivity index (χ1n) is 9.66. The minimum absolute atomic E-state index is 0.245. The van der Waals surface area contributed by atoms with E-state index in [1.54, 1.807) is 0 Å². The molecule has 0 N–H and O–H groups in total. The van der Waals surface area contributed by atoms with Crippen molar-refractivity contribution in [3.8, 4) is 0 Å². The normalized spacial score (nSPS) is 12.2. The third kappa shape index (κ3) is 7.54. The molecule has 0 aliphatic heterocycles. The van der Waals surface area contributed by atoms with E-state index in [1.165, 1.54) is 38.7 Å². The lowest BCUT2D eigenvalue weighted by Crippen LogP contribution is -2.20. The SMILES string of the molecule is CCCCCCCCC(CCCC)OC(=O)c1c(F)ccc(C)c1F. The summed E-state index contributed by atoms with van der Waals surface area (Å²) in [5, 5.41) is 0. The molecule has 0 aromatic heterocycles. The van der Waals surface area contributed by atoms with E-state index >= 15 is 0 Å². The number of halogens is 2. The minimum Gasteiger partial charge on any atom is -0.459 e. The number of rotatable bonds is 12. The highest BCUT2D eigenvalue weighted by molar-refractivity contribution is 5.90. The average Bonchev–Trinajstić information content (AvgIpc) is 2.59. The molecular formula is C21H32F2O2. The van der Waals surface area contributed by atoms with Gasteiger partial charge in [0.1, 0.15) is 23.3 Å². The van der Waals surface area contributed by atoms with Crippen LogP contribution in [0.15, 0.2) is 12.1 Å². The van der Waals surface area contributed by atoms with Gasteiger partial charge in [-0.15, -0.1) is 0 Å². The molecule has 0 spiro atoms. The summed E-state index contributed by atoms with van der Waals surface area (Å²) < 4.78 is 33.4. The van der Waals surface area contributed by atoms with Crippen LogP contribution in [0, 0.1) is 18.6 Å². The molecule has 0 bridgehead atoms. The Labute approximate surface area is 151 Å². The Balaban J connectivity index is 2.62. The molecule has 1 rings (SSSR count). The first-order valence-corrected chi connectivity index (χ1v) is 9.66. The van der Waals surface area contributed by atoms with Crippen LogP contribution in [0.2, 0.25) is 0 Å². The lowest BCUT2D eigenvalue weighted by molar-refractivity contribution is 0.0239. The predicted octanol–water partition coefficient (Wildman–Crippen LogP) is 6.74. The third-order valence-electron chi connectivity index (χ3n) is 4.52. The molecule has 142 valence electrons. The van der Waals surface area contributed by atoms with Crippen molar-refractivity contribution in [1.82, 2.24) is 0 Å². The van der Waals surface area contributed by atoms with Crippen molar-refractivity contribution in [3.05, 3.63) is 34.9 Å². The summed E-state index contributed by atoms with van der Waals surface area (Å²) in [5.41, 5.74) is -0.321. The average molecular weight is 354 g/mol. The molecule has 1 unspecified atom stereocenters. The van der Waals surface area contributed by atoms with E-state index in [0.717, 1.165) is 44.6 Å². The van der Waals surface area contributed by atoms with E-state index in [-0.39, 0.29) is 11.7 Å². The van der Waals surface area contributed by atoms with Crippen LogP contribution in [0.5, 0.6) is 0 Å². The summed E-state index contributed by atoms with van der Waals surface area (Å²) in [6.45, 7) is 5.77. The molecular weight excluding hydrogens is 322 g/mol. The Morgan fingerprint density at radius 2 is 1.56 bits per heavy atom. The van der Waals surface area contributed by atoms with Crippen LogP contribution in [0.3, 0.4) is 0 Å². The van der Waals surface area contributed by atoms with E-state index in [2.05, 4.69) is 13.8 Å². The van der Waals surface area contributed by atoms with Crippen molar-refractivity contribution in [2.45, 2.75) is 91.1 Å². The fraction of sp³-hybridized carbons (Fsp3) is 0.667. The molecule has 0 saturated carbocycles. The van der Waals surface area contributed by atoms with Gasteiger partial charge in [0.15, 0.2) is 0 Å². The summed E-state index contributed by atoms with van der Waals surface area (Å²) >= 11 is 0. The third-order valence-corrected chi connectivity index (χ3v) is 4.52. The molecule has 2 nitrogen and oxygen atoms in total. The Morgan fingerprint density at radius 3 is 2.24 bits per heavy atom. The number of benzene rings is 1. The molecule has 4 heteroatoms. The number of carbonyl (C=O) groups is 1. The molecule has 1 aromatic carbocycles. The standard InChI is InChI=1S/C21H32F2O2/c1-4-6-8-9-10-11-13-17(12-7-5-2)25-21(24)19-18(22)15-14-16(3)20(19)23/h14-15,17H,4-13H2,1-3H3. The number of hydrogen-bond donors (Lipinski definition) is 0. The van der Waals surface area contributed by atoms with Gasteiger partial charge < -0.3 is 4.74 Å². The van der Waals surface area contributed by atoms with Gasteiger partial charge in [-0.25, -0.2) is 13.6 Å². The summed E-state index contributed by atoms with van der Waals surface area (Å²) in [4.78, 5) is 12.3. The van der Waals surface area contributed by atoms with E-state index in [0.29, 0.717) is 0 Å². The molecule has 0 aliphatic rings. The summed E-state index contributed by atoms with van der Waals surface area (Å²) in [5.74, 6) is -2.56. The lowest BCUT2D eigenvalue weighted by atomic mass is 10.0.